The van der Waals surface area contributed by atoms with Gasteiger partial charge in [-0.15, -0.1) is 0 Å². The van der Waals surface area contributed by atoms with E-state index in [0.717, 1.165) is 12.8 Å². The summed E-state index contributed by atoms with van der Waals surface area (Å²) in [5, 5.41) is 3.30. The number of hydrogen-bond donors (Lipinski definition) is 3. The monoisotopic (exact) mass is 274 g/mol. The average molecular weight is 274 g/mol. The molecule has 0 radical (unpaired) electrons. The highest BCUT2D eigenvalue weighted by atomic mass is 32.1. The van der Waals surface area contributed by atoms with Gasteiger partial charge in [0, 0.05) is 5.69 Å². The number of thiocarbonyl (C=S) groups is 1. The SMILES string of the molecule is NC(=S)/N=C(\N)Nc1c2c(cc3c1CCC3)CCC2. The van der Waals surface area contributed by atoms with Crippen LogP contribution in [0, 0.1) is 0 Å². The maximum Gasteiger partial charge on any atom is 0.200 e. The van der Waals surface area contributed by atoms with Crippen LogP contribution >= 0.6 is 12.2 Å². The Morgan fingerprint density at radius 3 is 2.16 bits per heavy atom. The number of guanidine groups is 1. The predicted molar refractivity (Wildman–Crippen MR) is 82.5 cm³/mol. The van der Waals surface area contributed by atoms with Crippen molar-refractivity contribution in [3.63, 3.8) is 0 Å². The summed E-state index contributed by atoms with van der Waals surface area (Å²) in [4.78, 5) is 3.92. The number of nitrogens with one attached hydrogen (secondary N) is 1. The Morgan fingerprint density at radius 2 is 1.63 bits per heavy atom. The molecule has 100 valence electrons. The molecule has 1 aromatic carbocycles. The number of rotatable bonds is 1. The Labute approximate surface area is 118 Å². The second kappa shape index (κ2) is 4.81. The number of nitrogens with zero attached hydrogens (tertiary/aromatic N) is 1. The summed E-state index contributed by atoms with van der Waals surface area (Å²) in [7, 11) is 0. The van der Waals surface area contributed by atoms with E-state index in [4.69, 9.17) is 23.7 Å². The molecule has 0 bridgehead atoms. The summed E-state index contributed by atoms with van der Waals surface area (Å²) in [5.74, 6) is 0.293. The summed E-state index contributed by atoms with van der Waals surface area (Å²) in [6.45, 7) is 0. The van der Waals surface area contributed by atoms with E-state index in [0.29, 0.717) is 5.96 Å². The molecule has 2 aliphatic carbocycles. The molecule has 0 unspecified atom stereocenters. The van der Waals surface area contributed by atoms with Crippen LogP contribution in [0.15, 0.2) is 11.1 Å². The minimum Gasteiger partial charge on any atom is -0.374 e. The standard InChI is InChI=1S/C14H18N4S/c15-13(18-14(16)19)17-12-10-5-1-3-8(10)7-9-4-2-6-11(9)12/h7H,1-6H2,(H5,15,16,17,18,19). The number of fused-ring (bicyclic) bond motifs is 2. The number of aliphatic imine (C=N–C) groups is 1. The Kier molecular flexibility index (Phi) is 3.14. The van der Waals surface area contributed by atoms with Gasteiger partial charge in [-0.1, -0.05) is 6.07 Å². The highest BCUT2D eigenvalue weighted by Gasteiger charge is 2.24. The van der Waals surface area contributed by atoms with Crippen LogP contribution in [-0.4, -0.2) is 11.1 Å². The highest BCUT2D eigenvalue weighted by Crippen LogP contribution is 2.38. The number of hydrogen-bond acceptors (Lipinski definition) is 1. The summed E-state index contributed by atoms with van der Waals surface area (Å²) in [5.41, 5.74) is 18.2. The molecule has 19 heavy (non-hydrogen) atoms. The molecule has 0 atom stereocenters. The molecular weight excluding hydrogens is 256 g/mol. The van der Waals surface area contributed by atoms with Crippen LogP contribution in [0.2, 0.25) is 0 Å². The minimum atomic E-state index is 0.0641. The first-order valence-electron chi connectivity index (χ1n) is 6.72. The van der Waals surface area contributed by atoms with E-state index in [-0.39, 0.29) is 5.11 Å². The fourth-order valence-electron chi connectivity index (χ4n) is 3.24. The van der Waals surface area contributed by atoms with E-state index in [1.165, 1.54) is 53.6 Å². The lowest BCUT2D eigenvalue weighted by Gasteiger charge is -2.16. The van der Waals surface area contributed by atoms with Crippen LogP contribution < -0.4 is 16.8 Å². The molecule has 0 heterocycles. The molecule has 0 amide bonds. The normalized spacial score (nSPS) is 17.2. The molecule has 0 saturated carbocycles. The average Bonchev–Trinajstić information content (AvgIpc) is 2.94. The van der Waals surface area contributed by atoms with Gasteiger partial charge in [-0.25, -0.2) is 0 Å². The van der Waals surface area contributed by atoms with Crippen LogP contribution in [0.25, 0.3) is 0 Å². The Morgan fingerprint density at radius 1 is 1.05 bits per heavy atom. The Bertz CT molecular complexity index is 545. The van der Waals surface area contributed by atoms with Gasteiger partial charge in [0.05, 0.1) is 0 Å². The molecular formula is C14H18N4S. The molecule has 0 saturated heterocycles. The first kappa shape index (κ1) is 12.4. The third-order valence-electron chi connectivity index (χ3n) is 3.96. The maximum atomic E-state index is 5.87. The zero-order valence-corrected chi connectivity index (χ0v) is 11.6. The van der Waals surface area contributed by atoms with Crippen LogP contribution in [-0.2, 0) is 25.7 Å². The fraction of sp³-hybridized carbons (Fsp3) is 0.429. The second-order valence-corrected chi connectivity index (χ2v) is 5.61. The third-order valence-corrected chi connectivity index (χ3v) is 4.05. The summed E-state index contributed by atoms with van der Waals surface area (Å²) >= 11 is 4.76. The van der Waals surface area contributed by atoms with E-state index < -0.39 is 0 Å². The van der Waals surface area contributed by atoms with E-state index in [1.54, 1.807) is 0 Å². The largest absolute Gasteiger partial charge is 0.374 e. The van der Waals surface area contributed by atoms with E-state index in [2.05, 4.69) is 16.4 Å². The van der Waals surface area contributed by atoms with Crippen molar-refractivity contribution in [1.29, 1.82) is 0 Å². The van der Waals surface area contributed by atoms with Gasteiger partial charge < -0.3 is 16.8 Å². The van der Waals surface area contributed by atoms with E-state index >= 15 is 0 Å². The van der Waals surface area contributed by atoms with Crippen LogP contribution in [0.4, 0.5) is 5.69 Å². The zero-order chi connectivity index (χ0) is 13.4. The van der Waals surface area contributed by atoms with Gasteiger partial charge in [0.2, 0.25) is 5.96 Å². The molecule has 0 fully saturated rings. The molecule has 4 nitrogen and oxygen atoms in total. The summed E-state index contributed by atoms with van der Waals surface area (Å²) < 4.78 is 0. The molecule has 3 rings (SSSR count). The van der Waals surface area contributed by atoms with Gasteiger partial charge in [0.25, 0.3) is 0 Å². The van der Waals surface area contributed by atoms with Gasteiger partial charge in [-0.05, 0) is 73.0 Å². The van der Waals surface area contributed by atoms with Gasteiger partial charge in [0.15, 0.2) is 5.11 Å². The number of anilines is 1. The number of benzene rings is 1. The van der Waals surface area contributed by atoms with Crippen LogP contribution in [0.1, 0.15) is 35.1 Å². The molecule has 0 aliphatic heterocycles. The van der Waals surface area contributed by atoms with E-state index in [1.807, 2.05) is 0 Å². The smallest absolute Gasteiger partial charge is 0.200 e. The fourth-order valence-corrected chi connectivity index (χ4v) is 3.34. The van der Waals surface area contributed by atoms with E-state index in [9.17, 15) is 0 Å². The topological polar surface area (TPSA) is 76.4 Å². The molecule has 1 aromatic rings. The van der Waals surface area contributed by atoms with Crippen molar-refractivity contribution in [1.82, 2.24) is 0 Å². The minimum absolute atomic E-state index is 0.0641. The third kappa shape index (κ3) is 2.30. The molecule has 0 aromatic heterocycles. The van der Waals surface area contributed by atoms with Crippen molar-refractivity contribution in [2.45, 2.75) is 38.5 Å². The van der Waals surface area contributed by atoms with Crippen LogP contribution in [0.5, 0.6) is 0 Å². The second-order valence-electron chi connectivity index (χ2n) is 5.19. The first-order chi connectivity index (χ1) is 9.15. The number of aryl methyl sites for hydroxylation is 2. The van der Waals surface area contributed by atoms with Gasteiger partial charge in [0.1, 0.15) is 0 Å². The maximum absolute atomic E-state index is 5.87. The lowest BCUT2D eigenvalue weighted by molar-refractivity contribution is 0.898. The van der Waals surface area contributed by atoms with Gasteiger partial charge in [-0.3, -0.25) is 0 Å². The van der Waals surface area contributed by atoms with Crippen molar-refractivity contribution in [2.24, 2.45) is 16.5 Å². The highest BCUT2D eigenvalue weighted by molar-refractivity contribution is 7.80. The van der Waals surface area contributed by atoms with Crippen LogP contribution in [0.3, 0.4) is 0 Å². The van der Waals surface area contributed by atoms with Gasteiger partial charge >= 0.3 is 0 Å². The summed E-state index contributed by atoms with van der Waals surface area (Å²) in [6.07, 6.45) is 7.02. The Balaban J connectivity index is 2.03. The van der Waals surface area contributed by atoms with Crippen molar-refractivity contribution >= 4 is 29.0 Å². The quantitative estimate of drug-likeness (QED) is 0.413. The number of nitrogens with two attached hydrogens (primary N) is 2. The predicted octanol–water partition coefficient (Wildman–Crippen LogP) is 1.63. The molecule has 0 spiro atoms. The van der Waals surface area contributed by atoms with Gasteiger partial charge in [-0.2, -0.15) is 4.99 Å². The molecule has 5 N–H and O–H groups in total. The molecule has 5 heteroatoms. The lowest BCUT2D eigenvalue weighted by Crippen LogP contribution is -2.26. The lowest BCUT2D eigenvalue weighted by atomic mass is 9.99. The zero-order valence-electron chi connectivity index (χ0n) is 10.8. The van der Waals surface area contributed by atoms with Crippen molar-refractivity contribution in [3.05, 3.63) is 28.3 Å². The molecule has 2 aliphatic rings. The van der Waals surface area contributed by atoms with Crippen molar-refractivity contribution < 1.29 is 0 Å². The summed E-state index contributed by atoms with van der Waals surface area (Å²) in [6, 6.07) is 2.39. The van der Waals surface area contributed by atoms with Crippen molar-refractivity contribution in [2.75, 3.05) is 5.32 Å². The Hall–Kier alpha value is -1.62. The van der Waals surface area contributed by atoms with Crippen molar-refractivity contribution in [3.8, 4) is 0 Å². The first-order valence-corrected chi connectivity index (χ1v) is 7.13.